The van der Waals surface area contributed by atoms with Gasteiger partial charge in [-0.1, -0.05) is 23.7 Å². The lowest BCUT2D eigenvalue weighted by molar-refractivity contribution is -0.118. The van der Waals surface area contributed by atoms with Crippen LogP contribution in [-0.4, -0.2) is 61.4 Å². The van der Waals surface area contributed by atoms with Gasteiger partial charge in [0.15, 0.2) is 12.1 Å². The molecule has 4 rings (SSSR count). The lowest BCUT2D eigenvalue weighted by Gasteiger charge is -2.21. The largest absolute Gasteiger partial charge is 0.387 e. The van der Waals surface area contributed by atoms with E-state index in [4.69, 9.17) is 16.3 Å². The molecule has 0 spiro atoms. The van der Waals surface area contributed by atoms with Crippen molar-refractivity contribution < 1.29 is 24.9 Å². The highest BCUT2D eigenvalue weighted by atomic mass is 35.5. The van der Waals surface area contributed by atoms with Gasteiger partial charge in [-0.15, -0.1) is 0 Å². The third-order valence-electron chi connectivity index (χ3n) is 5.00. The van der Waals surface area contributed by atoms with Crippen LogP contribution in [0, 0.1) is 0 Å². The zero-order chi connectivity index (χ0) is 21.4. The van der Waals surface area contributed by atoms with E-state index in [-0.39, 0.29) is 11.7 Å². The summed E-state index contributed by atoms with van der Waals surface area (Å²) < 4.78 is 7.28. The summed E-state index contributed by atoms with van der Waals surface area (Å²) in [4.78, 5) is 15.3. The number of aliphatic imine (C=N–C) groups is 1. The second-order valence-electron chi connectivity index (χ2n) is 7.04. The molecular formula is C19H20ClN5O5. The van der Waals surface area contributed by atoms with Crippen LogP contribution < -0.4 is 5.43 Å². The molecule has 1 fully saturated rings. The summed E-state index contributed by atoms with van der Waals surface area (Å²) in [6, 6.07) is 6.49. The van der Waals surface area contributed by atoms with Gasteiger partial charge in [0.05, 0.1) is 17.5 Å². The van der Waals surface area contributed by atoms with Gasteiger partial charge in [0.1, 0.15) is 24.4 Å². The van der Waals surface area contributed by atoms with Gasteiger partial charge in [-0.2, -0.15) is 10.2 Å². The molecule has 0 saturated carbocycles. The van der Waals surface area contributed by atoms with E-state index in [1.54, 1.807) is 30.5 Å². The summed E-state index contributed by atoms with van der Waals surface area (Å²) >= 11 is 5.88. The van der Waals surface area contributed by atoms with E-state index in [1.165, 1.54) is 17.8 Å². The minimum Gasteiger partial charge on any atom is -0.387 e. The number of amides is 1. The Bertz CT molecular complexity index is 1010. The van der Waals surface area contributed by atoms with E-state index in [0.29, 0.717) is 28.3 Å². The average molecular weight is 434 g/mol. The Morgan fingerprint density at radius 2 is 2.07 bits per heavy atom. The maximum absolute atomic E-state index is 11.1. The van der Waals surface area contributed by atoms with E-state index < -0.39 is 30.6 Å². The van der Waals surface area contributed by atoms with Crippen LogP contribution in [0.2, 0.25) is 5.02 Å². The molecule has 0 bridgehead atoms. The fraction of sp³-hybridized carbons (Fsp3) is 0.368. The molecule has 0 unspecified atom stereocenters. The normalized spacial score (nSPS) is 27.8. The van der Waals surface area contributed by atoms with Gasteiger partial charge < -0.3 is 20.1 Å². The monoisotopic (exact) mass is 433 g/mol. The molecule has 2 aromatic rings. The van der Waals surface area contributed by atoms with Crippen molar-refractivity contribution >= 4 is 29.6 Å². The van der Waals surface area contributed by atoms with Gasteiger partial charge in [-0.25, -0.2) is 15.1 Å². The molecular weight excluding hydrogens is 414 g/mol. The Morgan fingerprint density at radius 3 is 2.77 bits per heavy atom. The third-order valence-corrected chi connectivity index (χ3v) is 5.25. The first kappa shape index (κ1) is 20.6. The number of aromatic nitrogens is 2. The van der Waals surface area contributed by atoms with Crippen LogP contribution in [0.3, 0.4) is 0 Å². The fourth-order valence-corrected chi connectivity index (χ4v) is 3.63. The van der Waals surface area contributed by atoms with E-state index in [0.717, 1.165) is 0 Å². The number of aliphatic hydroxyl groups excluding tert-OH is 3. The summed E-state index contributed by atoms with van der Waals surface area (Å²) in [5.41, 5.74) is 4.04. The third kappa shape index (κ3) is 3.75. The smallest absolute Gasteiger partial charge is 0.237 e. The molecule has 5 atom stereocenters. The van der Waals surface area contributed by atoms with Crippen molar-refractivity contribution in [1.29, 1.82) is 0 Å². The molecule has 2 aliphatic heterocycles. The lowest BCUT2D eigenvalue weighted by atomic mass is 9.99. The van der Waals surface area contributed by atoms with Gasteiger partial charge in [0.2, 0.25) is 5.91 Å². The number of hydrazone groups is 1. The van der Waals surface area contributed by atoms with Crippen LogP contribution in [-0.2, 0) is 16.0 Å². The summed E-state index contributed by atoms with van der Waals surface area (Å²) in [5, 5.41) is 40.5. The topological polar surface area (TPSA) is 142 Å². The number of amidine groups is 1. The lowest BCUT2D eigenvalue weighted by Crippen LogP contribution is -2.35. The van der Waals surface area contributed by atoms with E-state index in [2.05, 4.69) is 20.6 Å². The zero-order valence-corrected chi connectivity index (χ0v) is 16.6. The van der Waals surface area contributed by atoms with Crippen LogP contribution >= 0.6 is 11.6 Å². The molecule has 158 valence electrons. The summed E-state index contributed by atoms with van der Waals surface area (Å²) in [6.07, 6.45) is -2.46. The van der Waals surface area contributed by atoms with Crippen molar-refractivity contribution in [2.24, 2.45) is 10.1 Å². The molecule has 0 radical (unpaired) electrons. The summed E-state index contributed by atoms with van der Waals surface area (Å²) in [5.74, 6) is -0.0719. The number of nitrogens with one attached hydrogen (secondary N) is 1. The maximum Gasteiger partial charge on any atom is 0.237 e. The number of aliphatic hydroxyl groups is 3. The fourth-order valence-electron chi connectivity index (χ4n) is 3.50. The van der Waals surface area contributed by atoms with Crippen molar-refractivity contribution in [2.45, 2.75) is 44.0 Å². The van der Waals surface area contributed by atoms with Crippen molar-refractivity contribution in [1.82, 2.24) is 15.2 Å². The predicted octanol–water partition coefficient (Wildman–Crippen LogP) is 0.314. The van der Waals surface area contributed by atoms with Crippen molar-refractivity contribution in [2.75, 3.05) is 0 Å². The number of ether oxygens (including phenoxy) is 1. The molecule has 0 aliphatic carbocycles. The number of rotatable bonds is 4. The van der Waals surface area contributed by atoms with E-state index in [9.17, 15) is 20.1 Å². The Hall–Kier alpha value is -2.63. The van der Waals surface area contributed by atoms with Gasteiger partial charge in [0, 0.05) is 24.6 Å². The average Bonchev–Trinajstić information content (AvgIpc) is 3.28. The van der Waals surface area contributed by atoms with Gasteiger partial charge in [-0.3, -0.25) is 4.79 Å². The molecule has 1 amide bonds. The summed E-state index contributed by atoms with van der Waals surface area (Å²) in [7, 11) is 0. The molecule has 1 saturated heterocycles. The second kappa shape index (κ2) is 8.25. The highest BCUT2D eigenvalue weighted by molar-refractivity contribution is 6.30. The van der Waals surface area contributed by atoms with Crippen LogP contribution in [0.5, 0.6) is 0 Å². The number of hydrogen-bond donors (Lipinski definition) is 4. The molecule has 2 aliphatic rings. The minimum atomic E-state index is -1.34. The van der Waals surface area contributed by atoms with Crippen LogP contribution in [0.15, 0.2) is 40.6 Å². The minimum absolute atomic E-state index is 0.267. The van der Waals surface area contributed by atoms with Crippen molar-refractivity contribution in [3.63, 3.8) is 0 Å². The first-order chi connectivity index (χ1) is 14.4. The zero-order valence-electron chi connectivity index (χ0n) is 15.9. The SMILES string of the molecule is CC(=O)N/N=C1/N=CCc2c1cnn2[C@@H]1O[C@H]([C@H](O)c2ccc(Cl)cc2)[C@@H](O)[C@H]1O. The Morgan fingerprint density at radius 1 is 1.33 bits per heavy atom. The number of hydrogen-bond acceptors (Lipinski definition) is 7. The molecule has 4 N–H and O–H groups in total. The second-order valence-corrected chi connectivity index (χ2v) is 7.47. The molecule has 10 nitrogen and oxygen atoms in total. The highest BCUT2D eigenvalue weighted by Gasteiger charge is 2.48. The number of carbonyl (C=O) groups excluding carboxylic acids is 1. The number of carbonyl (C=O) groups is 1. The Labute approximate surface area is 176 Å². The first-order valence-corrected chi connectivity index (χ1v) is 9.63. The quantitative estimate of drug-likeness (QED) is 0.511. The van der Waals surface area contributed by atoms with Gasteiger partial charge >= 0.3 is 0 Å². The molecule has 3 heterocycles. The van der Waals surface area contributed by atoms with Crippen molar-refractivity contribution in [3.05, 3.63) is 52.3 Å². The number of benzene rings is 1. The van der Waals surface area contributed by atoms with Crippen LogP contribution in [0.1, 0.15) is 36.1 Å². The molecule has 1 aromatic carbocycles. The van der Waals surface area contributed by atoms with E-state index >= 15 is 0 Å². The summed E-state index contributed by atoms with van der Waals surface area (Å²) in [6.45, 7) is 1.33. The standard InChI is InChI=1S/C19H20ClN5O5/c1-9(26)23-24-18-12-8-22-25(13(12)6-7-21-18)19-16(29)15(28)17(30-19)14(27)10-2-4-11(20)5-3-10/h2-5,7-8,14-17,19,27-29H,6H2,1H3,(H,23,26)/b24-18+/t14-,15+,16-,17-,19-/m1/s1. The Balaban J connectivity index is 1.59. The number of halogens is 1. The first-order valence-electron chi connectivity index (χ1n) is 9.25. The van der Waals surface area contributed by atoms with Gasteiger partial charge in [0.25, 0.3) is 0 Å². The van der Waals surface area contributed by atoms with Crippen LogP contribution in [0.25, 0.3) is 0 Å². The Kier molecular flexibility index (Phi) is 5.67. The highest BCUT2D eigenvalue weighted by Crippen LogP contribution is 2.37. The predicted molar refractivity (Wildman–Crippen MR) is 107 cm³/mol. The van der Waals surface area contributed by atoms with Gasteiger partial charge in [-0.05, 0) is 17.7 Å². The molecule has 11 heteroatoms. The maximum atomic E-state index is 11.1. The van der Waals surface area contributed by atoms with Crippen LogP contribution in [0.4, 0.5) is 0 Å². The number of fused-ring (bicyclic) bond motifs is 1. The molecule has 1 aromatic heterocycles. The molecule has 30 heavy (non-hydrogen) atoms. The van der Waals surface area contributed by atoms with Crippen molar-refractivity contribution in [3.8, 4) is 0 Å². The number of nitrogens with zero attached hydrogens (tertiary/aromatic N) is 4. The van der Waals surface area contributed by atoms with E-state index in [1.807, 2.05) is 0 Å².